The Morgan fingerprint density at radius 3 is 2.54 bits per heavy atom. The van der Waals surface area contributed by atoms with Crippen molar-refractivity contribution in [1.82, 2.24) is 0 Å². The van der Waals surface area contributed by atoms with Crippen molar-refractivity contribution >= 4 is 21.7 Å². The van der Waals surface area contributed by atoms with Crippen molar-refractivity contribution in [2.45, 2.75) is 5.88 Å². The van der Waals surface area contributed by atoms with E-state index >= 15 is 0 Å². The first kappa shape index (κ1) is 10.3. The van der Waals surface area contributed by atoms with Gasteiger partial charge in [0, 0.05) is 5.56 Å². The third-order valence-corrected chi connectivity index (χ3v) is 2.13. The van der Waals surface area contributed by atoms with E-state index in [0.717, 1.165) is 6.26 Å². The lowest BCUT2D eigenvalue weighted by Gasteiger charge is -2.05. The van der Waals surface area contributed by atoms with Crippen LogP contribution in [-0.2, 0) is 16.0 Å². The van der Waals surface area contributed by atoms with Crippen LogP contribution in [0.5, 0.6) is 5.75 Å². The van der Waals surface area contributed by atoms with E-state index in [-0.39, 0.29) is 5.88 Å². The van der Waals surface area contributed by atoms with Crippen LogP contribution in [0.3, 0.4) is 0 Å². The van der Waals surface area contributed by atoms with E-state index in [0.29, 0.717) is 11.3 Å². The van der Waals surface area contributed by atoms with Crippen LogP contribution in [0.25, 0.3) is 0 Å². The monoisotopic (exact) mass is 220 g/mol. The molecule has 72 valence electrons. The standard InChI is InChI=1S/C8H9ClO3S/c1-13(10,11)12-8-5-3-2-4-7(8)6-9/h2-5H,6H2,1H3. The Bertz CT molecular complexity index is 386. The van der Waals surface area contributed by atoms with Gasteiger partial charge in [-0.25, -0.2) is 0 Å². The first-order valence-electron chi connectivity index (χ1n) is 3.56. The van der Waals surface area contributed by atoms with Crippen LogP contribution in [0.15, 0.2) is 24.3 Å². The van der Waals surface area contributed by atoms with Gasteiger partial charge in [0.1, 0.15) is 5.75 Å². The zero-order valence-corrected chi connectivity index (χ0v) is 8.60. The molecule has 0 saturated heterocycles. The van der Waals surface area contributed by atoms with Gasteiger partial charge in [0.25, 0.3) is 0 Å². The van der Waals surface area contributed by atoms with Crippen LogP contribution < -0.4 is 4.18 Å². The minimum atomic E-state index is -3.47. The summed E-state index contributed by atoms with van der Waals surface area (Å²) in [7, 11) is -3.47. The average molecular weight is 221 g/mol. The van der Waals surface area contributed by atoms with Crippen LogP contribution in [0.1, 0.15) is 5.56 Å². The Kier molecular flexibility index (Phi) is 3.17. The predicted octanol–water partition coefficient (Wildman–Crippen LogP) is 1.76. The fraction of sp³-hybridized carbons (Fsp3) is 0.250. The average Bonchev–Trinajstić information content (AvgIpc) is 2.02. The van der Waals surface area contributed by atoms with E-state index in [9.17, 15) is 8.42 Å². The summed E-state index contributed by atoms with van der Waals surface area (Å²) in [6.45, 7) is 0. The van der Waals surface area contributed by atoms with E-state index in [1.54, 1.807) is 24.3 Å². The topological polar surface area (TPSA) is 43.4 Å². The molecular formula is C8H9ClO3S. The smallest absolute Gasteiger partial charge is 0.306 e. The summed E-state index contributed by atoms with van der Waals surface area (Å²) in [5.74, 6) is 0.520. The molecule has 0 aliphatic rings. The van der Waals surface area contributed by atoms with Crippen LogP contribution in [-0.4, -0.2) is 14.7 Å². The highest BCUT2D eigenvalue weighted by Gasteiger charge is 2.07. The lowest BCUT2D eigenvalue weighted by Crippen LogP contribution is -2.06. The molecular weight excluding hydrogens is 212 g/mol. The number of para-hydroxylation sites is 1. The Labute approximate surface area is 82.4 Å². The summed E-state index contributed by atoms with van der Waals surface area (Å²) < 4.78 is 26.3. The molecule has 0 saturated carbocycles. The fourth-order valence-corrected chi connectivity index (χ4v) is 1.57. The van der Waals surface area contributed by atoms with Crippen molar-refractivity contribution in [3.05, 3.63) is 29.8 Å². The molecule has 0 bridgehead atoms. The maximum absolute atomic E-state index is 10.8. The minimum absolute atomic E-state index is 0.228. The van der Waals surface area contributed by atoms with Gasteiger partial charge in [-0.3, -0.25) is 0 Å². The van der Waals surface area contributed by atoms with E-state index in [1.165, 1.54) is 0 Å². The van der Waals surface area contributed by atoms with Crippen molar-refractivity contribution in [2.24, 2.45) is 0 Å². The van der Waals surface area contributed by atoms with E-state index in [2.05, 4.69) is 0 Å². The highest BCUT2D eigenvalue weighted by molar-refractivity contribution is 7.86. The number of hydrogen-bond acceptors (Lipinski definition) is 3. The molecule has 13 heavy (non-hydrogen) atoms. The summed E-state index contributed by atoms with van der Waals surface area (Å²) in [5, 5.41) is 0. The molecule has 0 aliphatic heterocycles. The maximum atomic E-state index is 10.8. The van der Waals surface area contributed by atoms with Crippen LogP contribution in [0.4, 0.5) is 0 Å². The van der Waals surface area contributed by atoms with Gasteiger partial charge in [0.15, 0.2) is 0 Å². The molecule has 1 aromatic rings. The second-order valence-corrected chi connectivity index (χ2v) is 4.37. The van der Waals surface area contributed by atoms with Crippen molar-refractivity contribution < 1.29 is 12.6 Å². The van der Waals surface area contributed by atoms with E-state index in [4.69, 9.17) is 15.8 Å². The Morgan fingerprint density at radius 2 is 2.00 bits per heavy atom. The Morgan fingerprint density at radius 1 is 1.38 bits per heavy atom. The van der Waals surface area contributed by atoms with Crippen LogP contribution in [0.2, 0.25) is 0 Å². The van der Waals surface area contributed by atoms with Crippen molar-refractivity contribution in [3.8, 4) is 5.75 Å². The Hall–Kier alpha value is -0.740. The van der Waals surface area contributed by atoms with Crippen molar-refractivity contribution in [3.63, 3.8) is 0 Å². The molecule has 0 fully saturated rings. The normalized spacial score (nSPS) is 11.2. The van der Waals surface area contributed by atoms with Crippen molar-refractivity contribution in [2.75, 3.05) is 6.26 Å². The summed E-state index contributed by atoms with van der Waals surface area (Å²) in [6, 6.07) is 6.75. The van der Waals surface area contributed by atoms with Crippen molar-refractivity contribution in [1.29, 1.82) is 0 Å². The van der Waals surface area contributed by atoms with Gasteiger partial charge in [-0.2, -0.15) is 8.42 Å². The third-order valence-electron chi connectivity index (χ3n) is 1.36. The molecule has 0 aliphatic carbocycles. The highest BCUT2D eigenvalue weighted by atomic mass is 35.5. The number of rotatable bonds is 3. The second kappa shape index (κ2) is 3.98. The molecule has 0 aromatic heterocycles. The van der Waals surface area contributed by atoms with Gasteiger partial charge in [0.2, 0.25) is 0 Å². The largest absolute Gasteiger partial charge is 0.382 e. The molecule has 0 radical (unpaired) electrons. The van der Waals surface area contributed by atoms with E-state index < -0.39 is 10.1 Å². The summed E-state index contributed by atoms with van der Waals surface area (Å²) in [5.41, 5.74) is 0.662. The highest BCUT2D eigenvalue weighted by Crippen LogP contribution is 2.20. The molecule has 0 unspecified atom stereocenters. The van der Waals surface area contributed by atoms with Gasteiger partial charge in [-0.1, -0.05) is 18.2 Å². The molecule has 0 atom stereocenters. The van der Waals surface area contributed by atoms with Gasteiger partial charge >= 0.3 is 10.1 Å². The van der Waals surface area contributed by atoms with Crippen LogP contribution >= 0.6 is 11.6 Å². The number of halogens is 1. The quantitative estimate of drug-likeness (QED) is 0.576. The summed E-state index contributed by atoms with van der Waals surface area (Å²) in [6.07, 6.45) is 0.998. The fourth-order valence-electron chi connectivity index (χ4n) is 0.859. The number of alkyl halides is 1. The van der Waals surface area contributed by atoms with Crippen LogP contribution in [0, 0.1) is 0 Å². The van der Waals surface area contributed by atoms with Gasteiger partial charge in [0.05, 0.1) is 12.1 Å². The summed E-state index contributed by atoms with van der Waals surface area (Å²) in [4.78, 5) is 0. The zero-order chi connectivity index (χ0) is 9.90. The molecule has 0 amide bonds. The molecule has 0 N–H and O–H groups in total. The lowest BCUT2D eigenvalue weighted by molar-refractivity contribution is 0.491. The molecule has 3 nitrogen and oxygen atoms in total. The number of hydrogen-bond donors (Lipinski definition) is 0. The predicted molar refractivity (Wildman–Crippen MR) is 51.5 cm³/mol. The lowest BCUT2D eigenvalue weighted by atomic mass is 10.2. The van der Waals surface area contributed by atoms with Gasteiger partial charge in [-0.05, 0) is 6.07 Å². The first-order valence-corrected chi connectivity index (χ1v) is 5.91. The minimum Gasteiger partial charge on any atom is -0.382 e. The third kappa shape index (κ3) is 3.24. The number of benzene rings is 1. The molecule has 1 rings (SSSR count). The maximum Gasteiger partial charge on any atom is 0.306 e. The molecule has 0 heterocycles. The SMILES string of the molecule is CS(=O)(=O)Oc1ccccc1CCl. The Balaban J connectivity index is 3.01. The summed E-state index contributed by atoms with van der Waals surface area (Å²) >= 11 is 5.59. The molecule has 1 aromatic carbocycles. The van der Waals surface area contributed by atoms with Gasteiger partial charge in [-0.15, -0.1) is 11.6 Å². The molecule has 0 spiro atoms. The molecule has 5 heteroatoms. The zero-order valence-electron chi connectivity index (χ0n) is 7.03. The van der Waals surface area contributed by atoms with E-state index in [1.807, 2.05) is 0 Å². The first-order chi connectivity index (χ1) is 6.03. The van der Waals surface area contributed by atoms with Gasteiger partial charge < -0.3 is 4.18 Å². The second-order valence-electron chi connectivity index (χ2n) is 2.53.